The van der Waals surface area contributed by atoms with Crippen LogP contribution in [0.4, 0.5) is 0 Å². The third kappa shape index (κ3) is 4.46. The second-order valence-corrected chi connectivity index (χ2v) is 10.9. The first-order chi connectivity index (χ1) is 16.3. The summed E-state index contributed by atoms with van der Waals surface area (Å²) in [5, 5.41) is 4.70. The zero-order valence-electron chi connectivity index (χ0n) is 19.5. The Morgan fingerprint density at radius 2 is 1.85 bits per heavy atom. The summed E-state index contributed by atoms with van der Waals surface area (Å²) >= 11 is 0. The van der Waals surface area contributed by atoms with E-state index in [2.05, 4.69) is 30.1 Å². The average Bonchev–Trinajstić information content (AvgIpc) is 3.43. The third-order valence-electron chi connectivity index (χ3n) is 6.24. The van der Waals surface area contributed by atoms with Gasteiger partial charge in [0.05, 0.1) is 16.9 Å². The van der Waals surface area contributed by atoms with Gasteiger partial charge < -0.3 is 4.57 Å². The molecule has 5 rings (SSSR count). The number of aromatic nitrogens is 5. The highest BCUT2D eigenvalue weighted by atomic mass is 32.2. The second-order valence-electron chi connectivity index (χ2n) is 8.89. The molecule has 0 unspecified atom stereocenters. The molecule has 0 saturated heterocycles. The van der Waals surface area contributed by atoms with E-state index in [1.165, 1.54) is 6.26 Å². The molecule has 4 aromatic rings. The van der Waals surface area contributed by atoms with Gasteiger partial charge in [0.25, 0.3) is 0 Å². The molecule has 174 valence electrons. The van der Waals surface area contributed by atoms with Crippen molar-refractivity contribution in [3.63, 3.8) is 0 Å². The number of nitrogens with zero attached hydrogens (tertiary/aromatic N) is 5. The summed E-state index contributed by atoms with van der Waals surface area (Å²) in [6.45, 7) is 4.91. The van der Waals surface area contributed by atoms with Gasteiger partial charge in [-0.3, -0.25) is 0 Å². The number of hydrogen-bond donors (Lipinski definition) is 0. The van der Waals surface area contributed by atoms with E-state index in [0.29, 0.717) is 10.7 Å². The quantitative estimate of drug-likeness (QED) is 0.424. The van der Waals surface area contributed by atoms with Crippen molar-refractivity contribution >= 4 is 22.0 Å². The molecule has 0 radical (unpaired) electrons. The van der Waals surface area contributed by atoms with Gasteiger partial charge in [0.15, 0.2) is 15.7 Å². The van der Waals surface area contributed by atoms with Gasteiger partial charge in [-0.1, -0.05) is 24.3 Å². The maximum absolute atomic E-state index is 11.8. The number of benzene rings is 2. The van der Waals surface area contributed by atoms with Crippen LogP contribution >= 0.6 is 0 Å². The molecule has 2 aromatic heterocycles. The molecule has 8 heteroatoms. The van der Waals surface area contributed by atoms with Crippen molar-refractivity contribution in [1.29, 1.82) is 0 Å². The lowest BCUT2D eigenvalue weighted by Gasteiger charge is -2.22. The van der Waals surface area contributed by atoms with Crippen LogP contribution in [0.15, 0.2) is 59.9 Å². The summed E-state index contributed by atoms with van der Waals surface area (Å²) in [5.41, 5.74) is 5.41. The first-order valence-corrected chi connectivity index (χ1v) is 13.2. The van der Waals surface area contributed by atoms with E-state index in [1.54, 1.807) is 12.1 Å². The fraction of sp³-hybridized carbons (Fsp3) is 0.269. The Kier molecular flexibility index (Phi) is 5.69. The molecular formula is C26H27N5O2S. The minimum Gasteiger partial charge on any atom is -0.306 e. The Morgan fingerprint density at radius 1 is 1.06 bits per heavy atom. The predicted molar refractivity (Wildman–Crippen MR) is 133 cm³/mol. The van der Waals surface area contributed by atoms with E-state index < -0.39 is 9.84 Å². The van der Waals surface area contributed by atoms with Crippen LogP contribution in [0, 0.1) is 13.8 Å². The summed E-state index contributed by atoms with van der Waals surface area (Å²) in [6, 6.07) is 13.5. The lowest BCUT2D eigenvalue weighted by atomic mass is 9.91. The minimum atomic E-state index is -3.21. The number of imidazole rings is 1. The molecule has 0 aliphatic carbocycles. The predicted octanol–water partition coefficient (Wildman–Crippen LogP) is 4.58. The zero-order chi connectivity index (χ0) is 23.9. The Morgan fingerprint density at radius 3 is 2.53 bits per heavy atom. The molecular weight excluding hydrogens is 446 g/mol. The molecule has 0 spiro atoms. The molecule has 7 nitrogen and oxygen atoms in total. The average molecular weight is 474 g/mol. The highest BCUT2D eigenvalue weighted by Crippen LogP contribution is 2.32. The van der Waals surface area contributed by atoms with Crippen LogP contribution in [-0.2, 0) is 16.4 Å². The van der Waals surface area contributed by atoms with Gasteiger partial charge in [-0.05, 0) is 73.7 Å². The van der Waals surface area contributed by atoms with Crippen LogP contribution in [0.3, 0.4) is 0 Å². The summed E-state index contributed by atoms with van der Waals surface area (Å²) in [6.07, 6.45) is 11.0. The monoisotopic (exact) mass is 473 g/mol. The molecule has 2 aromatic carbocycles. The topological polar surface area (TPSA) is 82.7 Å². The van der Waals surface area contributed by atoms with Crippen molar-refractivity contribution in [2.75, 3.05) is 6.26 Å². The van der Waals surface area contributed by atoms with Gasteiger partial charge in [0, 0.05) is 30.6 Å². The van der Waals surface area contributed by atoms with Gasteiger partial charge >= 0.3 is 0 Å². The Hall–Kier alpha value is -3.52. The Labute approximate surface area is 199 Å². The molecule has 34 heavy (non-hydrogen) atoms. The lowest BCUT2D eigenvalue weighted by molar-refractivity contribution is 0.445. The van der Waals surface area contributed by atoms with Crippen LogP contribution in [0.5, 0.6) is 0 Å². The second kappa shape index (κ2) is 8.68. The van der Waals surface area contributed by atoms with Crippen LogP contribution in [0.25, 0.3) is 17.8 Å². The van der Waals surface area contributed by atoms with Crippen LogP contribution < -0.4 is 0 Å². The van der Waals surface area contributed by atoms with E-state index in [-0.39, 0.29) is 5.92 Å². The van der Waals surface area contributed by atoms with Gasteiger partial charge in [-0.2, -0.15) is 5.10 Å². The SMILES string of the molecule is Cc1cn(-c2ccc(/C=C/c3nc4n(n3)CCC[C@@H]4c3ccc(S(C)(=O)=O)cc3)cc2C)cn1. The zero-order valence-corrected chi connectivity index (χ0v) is 20.3. The van der Waals surface area contributed by atoms with Gasteiger partial charge in [-0.15, -0.1) is 0 Å². The van der Waals surface area contributed by atoms with E-state index in [4.69, 9.17) is 10.1 Å². The molecule has 0 saturated carbocycles. The van der Waals surface area contributed by atoms with Crippen molar-refractivity contribution in [3.05, 3.63) is 89.0 Å². The number of hydrogen-bond acceptors (Lipinski definition) is 5. The highest BCUT2D eigenvalue weighted by Gasteiger charge is 2.25. The van der Waals surface area contributed by atoms with E-state index >= 15 is 0 Å². The normalized spacial score (nSPS) is 16.1. The van der Waals surface area contributed by atoms with Crippen LogP contribution in [0.2, 0.25) is 0 Å². The molecule has 1 aliphatic heterocycles. The van der Waals surface area contributed by atoms with Crippen molar-refractivity contribution in [2.24, 2.45) is 0 Å². The van der Waals surface area contributed by atoms with Crippen molar-refractivity contribution < 1.29 is 8.42 Å². The smallest absolute Gasteiger partial charge is 0.175 e. The minimum absolute atomic E-state index is 0.108. The molecule has 1 atom stereocenters. The van der Waals surface area contributed by atoms with Crippen molar-refractivity contribution in [3.8, 4) is 5.69 Å². The molecule has 1 aliphatic rings. The molecule has 0 amide bonds. The first-order valence-electron chi connectivity index (χ1n) is 11.3. The van der Waals surface area contributed by atoms with Crippen LogP contribution in [0.1, 0.15) is 52.8 Å². The number of fused-ring (bicyclic) bond motifs is 1. The number of aryl methyl sites for hydroxylation is 3. The standard InChI is InChI=1S/C26H27N5O2S/c1-18-15-20(6-12-24(18)30-16-19(2)27-17-30)7-13-25-28-26-23(5-4-14-31(26)29-25)21-8-10-22(11-9-21)34(3,32)33/h6-13,15-17,23H,4-5,14H2,1-3H3/b13-7+/t23-/m1/s1. The first kappa shape index (κ1) is 22.3. The summed E-state index contributed by atoms with van der Waals surface area (Å²) in [7, 11) is -3.21. The van der Waals surface area contributed by atoms with E-state index in [9.17, 15) is 8.42 Å². The maximum Gasteiger partial charge on any atom is 0.175 e. The molecule has 0 bridgehead atoms. The van der Waals surface area contributed by atoms with Gasteiger partial charge in [0.1, 0.15) is 5.82 Å². The fourth-order valence-corrected chi connectivity index (χ4v) is 5.13. The Bertz CT molecular complexity index is 1480. The maximum atomic E-state index is 11.8. The molecule has 3 heterocycles. The van der Waals surface area contributed by atoms with Crippen LogP contribution in [-0.4, -0.2) is 39.0 Å². The summed E-state index contributed by atoms with van der Waals surface area (Å²) < 4.78 is 27.6. The fourth-order valence-electron chi connectivity index (χ4n) is 4.50. The largest absolute Gasteiger partial charge is 0.306 e. The van der Waals surface area contributed by atoms with Crippen molar-refractivity contribution in [1.82, 2.24) is 24.3 Å². The highest BCUT2D eigenvalue weighted by molar-refractivity contribution is 7.90. The summed E-state index contributed by atoms with van der Waals surface area (Å²) in [5.74, 6) is 1.72. The van der Waals surface area contributed by atoms with Gasteiger partial charge in [0.2, 0.25) is 0 Å². The molecule has 0 N–H and O–H groups in total. The lowest BCUT2D eigenvalue weighted by Crippen LogP contribution is -2.18. The van der Waals surface area contributed by atoms with E-state index in [0.717, 1.165) is 53.3 Å². The number of rotatable bonds is 5. The molecule has 0 fully saturated rings. The van der Waals surface area contributed by atoms with E-state index in [1.807, 2.05) is 53.0 Å². The summed E-state index contributed by atoms with van der Waals surface area (Å²) in [4.78, 5) is 9.47. The number of sulfone groups is 1. The third-order valence-corrected chi connectivity index (χ3v) is 7.37. The Balaban J connectivity index is 1.38. The van der Waals surface area contributed by atoms with Crippen molar-refractivity contribution in [2.45, 2.75) is 44.0 Å². The van der Waals surface area contributed by atoms with Gasteiger partial charge in [-0.25, -0.2) is 23.1 Å².